The zero-order valence-corrected chi connectivity index (χ0v) is 11.5. The van der Waals surface area contributed by atoms with Crippen LogP contribution in [0.4, 0.5) is 23.7 Å². The first-order valence-electron chi connectivity index (χ1n) is 5.81. The maximum absolute atomic E-state index is 12.9. The van der Waals surface area contributed by atoms with Crippen molar-refractivity contribution in [2.24, 2.45) is 0 Å². The van der Waals surface area contributed by atoms with Crippen molar-refractivity contribution in [2.75, 3.05) is 5.73 Å². The molecule has 1 aliphatic heterocycles. The van der Waals surface area contributed by atoms with Gasteiger partial charge >= 0.3 is 12.2 Å². The first-order chi connectivity index (χ1) is 9.56. The van der Waals surface area contributed by atoms with E-state index < -0.39 is 23.7 Å². The third-order valence-corrected chi connectivity index (χ3v) is 3.51. The molecule has 0 saturated carbocycles. The van der Waals surface area contributed by atoms with E-state index in [1.54, 1.807) is 5.32 Å². The Kier molecular flexibility index (Phi) is 3.53. The smallest absolute Gasteiger partial charge is 0.398 e. The number of benzene rings is 1. The summed E-state index contributed by atoms with van der Waals surface area (Å²) in [6.45, 7) is 0.233. The summed E-state index contributed by atoms with van der Waals surface area (Å²) >= 11 is 5.76. The van der Waals surface area contributed by atoms with E-state index in [0.29, 0.717) is 16.8 Å². The molecule has 114 valence electrons. The molecule has 1 aromatic carbocycles. The summed E-state index contributed by atoms with van der Waals surface area (Å²) < 4.78 is 38.7. The van der Waals surface area contributed by atoms with Crippen LogP contribution in [0, 0.1) is 0 Å². The molecule has 5 nitrogen and oxygen atoms in total. The number of nitrogen functional groups attached to an aromatic ring is 1. The van der Waals surface area contributed by atoms with Gasteiger partial charge in [-0.1, -0.05) is 11.6 Å². The Labute approximate surface area is 122 Å². The summed E-state index contributed by atoms with van der Waals surface area (Å²) in [4.78, 5) is 24.1. The van der Waals surface area contributed by atoms with Gasteiger partial charge in [0.25, 0.3) is 5.91 Å². The summed E-state index contributed by atoms with van der Waals surface area (Å²) in [6.07, 6.45) is -4.89. The predicted molar refractivity (Wildman–Crippen MR) is 69.4 cm³/mol. The molecule has 21 heavy (non-hydrogen) atoms. The Morgan fingerprint density at radius 3 is 2.52 bits per heavy atom. The van der Waals surface area contributed by atoms with E-state index in [0.717, 1.165) is 0 Å². The number of halogens is 4. The van der Waals surface area contributed by atoms with Crippen LogP contribution < -0.4 is 11.1 Å². The number of imide groups is 1. The quantitative estimate of drug-likeness (QED) is 0.648. The second-order valence-corrected chi connectivity index (χ2v) is 5.22. The summed E-state index contributed by atoms with van der Waals surface area (Å²) in [5, 5.41) is 1.96. The number of anilines is 1. The Hall–Kier alpha value is -1.96. The molecular weight excluding hydrogens is 311 g/mol. The highest BCUT2D eigenvalue weighted by molar-refractivity contribution is 6.30. The van der Waals surface area contributed by atoms with Crippen molar-refractivity contribution >= 4 is 29.2 Å². The van der Waals surface area contributed by atoms with Gasteiger partial charge in [-0.3, -0.25) is 9.69 Å². The van der Waals surface area contributed by atoms with Gasteiger partial charge < -0.3 is 11.1 Å². The molecule has 0 spiro atoms. The molecule has 1 aliphatic rings. The van der Waals surface area contributed by atoms with Gasteiger partial charge in [0, 0.05) is 10.7 Å². The monoisotopic (exact) mass is 321 g/mol. The molecule has 1 atom stereocenters. The van der Waals surface area contributed by atoms with Crippen LogP contribution in [0.2, 0.25) is 5.02 Å². The van der Waals surface area contributed by atoms with Crippen LogP contribution in [0.15, 0.2) is 18.2 Å². The fourth-order valence-electron chi connectivity index (χ4n) is 1.91. The standard InChI is InChI=1S/C12H11ClF3N3O2/c1-11(12(14,15)16)9(20)19(10(21)18-11)5-6-4-7(13)2-3-8(6)17/h2-4H,5,17H2,1H3,(H,18,21). The van der Waals surface area contributed by atoms with E-state index in [-0.39, 0.29) is 17.8 Å². The van der Waals surface area contributed by atoms with Crippen LogP contribution in [0.1, 0.15) is 12.5 Å². The number of hydrogen-bond donors (Lipinski definition) is 2. The highest BCUT2D eigenvalue weighted by Crippen LogP contribution is 2.36. The number of carbonyl (C=O) groups is 2. The number of urea groups is 1. The topological polar surface area (TPSA) is 75.4 Å². The maximum Gasteiger partial charge on any atom is 0.420 e. The highest BCUT2D eigenvalue weighted by atomic mass is 35.5. The second kappa shape index (κ2) is 4.80. The molecule has 0 bridgehead atoms. The number of nitrogens with two attached hydrogens (primary N) is 1. The lowest BCUT2D eigenvalue weighted by Gasteiger charge is -2.24. The number of hydrogen-bond acceptors (Lipinski definition) is 3. The van der Waals surface area contributed by atoms with Gasteiger partial charge in [0.1, 0.15) is 0 Å². The van der Waals surface area contributed by atoms with Crippen LogP contribution in [0.5, 0.6) is 0 Å². The molecule has 2 rings (SSSR count). The van der Waals surface area contributed by atoms with Gasteiger partial charge in [-0.25, -0.2) is 4.79 Å². The average Bonchev–Trinajstić information content (AvgIpc) is 2.58. The van der Waals surface area contributed by atoms with Crippen molar-refractivity contribution in [2.45, 2.75) is 25.2 Å². The molecule has 1 unspecified atom stereocenters. The molecule has 1 aromatic rings. The van der Waals surface area contributed by atoms with E-state index in [1.807, 2.05) is 0 Å². The minimum Gasteiger partial charge on any atom is -0.398 e. The Bertz CT molecular complexity index is 620. The SMILES string of the molecule is CC1(C(F)(F)F)NC(=O)N(Cc2cc(Cl)ccc2N)C1=O. The van der Waals surface area contributed by atoms with Crippen molar-refractivity contribution in [3.05, 3.63) is 28.8 Å². The van der Waals surface area contributed by atoms with Crippen LogP contribution >= 0.6 is 11.6 Å². The lowest BCUT2D eigenvalue weighted by atomic mass is 10.0. The highest BCUT2D eigenvalue weighted by Gasteiger charge is 2.64. The van der Waals surface area contributed by atoms with Crippen molar-refractivity contribution in [1.82, 2.24) is 10.2 Å². The number of alkyl halides is 3. The maximum atomic E-state index is 12.9. The minimum atomic E-state index is -4.89. The molecule has 1 fully saturated rings. The fourth-order valence-corrected chi connectivity index (χ4v) is 2.11. The van der Waals surface area contributed by atoms with Gasteiger partial charge in [0.15, 0.2) is 0 Å². The number of amides is 3. The number of nitrogens with zero attached hydrogens (tertiary/aromatic N) is 1. The van der Waals surface area contributed by atoms with Crippen molar-refractivity contribution in [3.63, 3.8) is 0 Å². The first-order valence-corrected chi connectivity index (χ1v) is 6.19. The predicted octanol–water partition coefficient (Wildman–Crippen LogP) is 2.29. The van der Waals surface area contributed by atoms with E-state index in [9.17, 15) is 22.8 Å². The van der Waals surface area contributed by atoms with Crippen molar-refractivity contribution in [1.29, 1.82) is 0 Å². The van der Waals surface area contributed by atoms with Crippen LogP contribution in [-0.4, -0.2) is 28.6 Å². The molecule has 0 aliphatic carbocycles. The van der Waals surface area contributed by atoms with Gasteiger partial charge in [-0.05, 0) is 30.7 Å². The van der Waals surface area contributed by atoms with Crippen LogP contribution in [0.3, 0.4) is 0 Å². The molecule has 0 radical (unpaired) electrons. The zero-order valence-electron chi connectivity index (χ0n) is 10.8. The number of rotatable bonds is 2. The fraction of sp³-hybridized carbons (Fsp3) is 0.333. The molecular formula is C12H11ClF3N3O2. The Balaban J connectivity index is 2.32. The number of carbonyl (C=O) groups excluding carboxylic acids is 2. The van der Waals surface area contributed by atoms with Crippen LogP contribution in [-0.2, 0) is 11.3 Å². The molecule has 1 heterocycles. The van der Waals surface area contributed by atoms with Gasteiger partial charge in [0.2, 0.25) is 5.54 Å². The van der Waals surface area contributed by atoms with Crippen molar-refractivity contribution < 1.29 is 22.8 Å². The van der Waals surface area contributed by atoms with Crippen LogP contribution in [0.25, 0.3) is 0 Å². The third-order valence-electron chi connectivity index (χ3n) is 3.28. The first kappa shape index (κ1) is 15.4. The van der Waals surface area contributed by atoms with E-state index >= 15 is 0 Å². The minimum absolute atomic E-state index is 0.223. The zero-order chi connectivity index (χ0) is 16.0. The summed E-state index contributed by atoms with van der Waals surface area (Å²) in [6, 6.07) is 3.20. The third kappa shape index (κ3) is 2.51. The molecule has 3 amide bonds. The van der Waals surface area contributed by atoms with Gasteiger partial charge in [-0.15, -0.1) is 0 Å². The van der Waals surface area contributed by atoms with E-state index in [1.165, 1.54) is 18.2 Å². The second-order valence-electron chi connectivity index (χ2n) is 4.79. The van der Waals surface area contributed by atoms with E-state index in [2.05, 4.69) is 0 Å². The van der Waals surface area contributed by atoms with Gasteiger partial charge in [0.05, 0.1) is 6.54 Å². The largest absolute Gasteiger partial charge is 0.420 e. The lowest BCUT2D eigenvalue weighted by molar-refractivity contribution is -0.191. The molecule has 3 N–H and O–H groups in total. The number of nitrogens with one attached hydrogen (secondary N) is 1. The van der Waals surface area contributed by atoms with Crippen molar-refractivity contribution in [3.8, 4) is 0 Å². The normalized spacial score (nSPS) is 22.6. The summed E-state index contributed by atoms with van der Waals surface area (Å²) in [5.74, 6) is -1.38. The Morgan fingerprint density at radius 1 is 1.38 bits per heavy atom. The van der Waals surface area contributed by atoms with Gasteiger partial charge in [-0.2, -0.15) is 13.2 Å². The lowest BCUT2D eigenvalue weighted by Crippen LogP contribution is -2.56. The van der Waals surface area contributed by atoms with E-state index in [4.69, 9.17) is 17.3 Å². The molecule has 9 heteroatoms. The Morgan fingerprint density at radius 2 is 2.00 bits per heavy atom. The summed E-state index contributed by atoms with van der Waals surface area (Å²) in [7, 11) is 0. The molecule has 0 aromatic heterocycles. The summed E-state index contributed by atoms with van der Waals surface area (Å²) in [5.41, 5.74) is 3.24. The average molecular weight is 322 g/mol. The molecule has 1 saturated heterocycles.